The number of nitrogens with one attached hydrogen (secondary N) is 1. The molecule has 1 aliphatic rings. The average Bonchev–Trinajstić information content (AvgIpc) is 3.30. The highest BCUT2D eigenvalue weighted by Gasteiger charge is 2.30. The van der Waals surface area contributed by atoms with Gasteiger partial charge in [-0.3, -0.25) is 14.3 Å². The van der Waals surface area contributed by atoms with E-state index in [-0.39, 0.29) is 23.0 Å². The van der Waals surface area contributed by atoms with Crippen molar-refractivity contribution in [3.63, 3.8) is 0 Å². The Morgan fingerprint density at radius 1 is 1.07 bits per heavy atom. The highest BCUT2D eigenvalue weighted by atomic mass is 32.2. The van der Waals surface area contributed by atoms with Crippen molar-refractivity contribution in [3.8, 4) is 0 Å². The number of sulfone groups is 1. The van der Waals surface area contributed by atoms with Crippen LogP contribution in [-0.4, -0.2) is 29.4 Å². The topological polar surface area (TPSA) is 98.1 Å². The van der Waals surface area contributed by atoms with Gasteiger partial charge in [0.25, 0.3) is 0 Å². The van der Waals surface area contributed by atoms with Crippen LogP contribution in [0, 0.1) is 0 Å². The molecular weight excluding hydrogens is 402 g/mol. The molecular formula is C22H23N3O4S. The lowest BCUT2D eigenvalue weighted by Crippen LogP contribution is -2.19. The molecule has 0 unspecified atom stereocenters. The van der Waals surface area contributed by atoms with Crippen molar-refractivity contribution < 1.29 is 13.2 Å². The van der Waals surface area contributed by atoms with Crippen LogP contribution in [0.4, 0.5) is 5.69 Å². The first kappa shape index (κ1) is 20.3. The normalized spacial score (nSPS) is 14.8. The standard InChI is InChI=1S/C22H23N3O4S/c26-21-15-23-25(20-8-4-3-7-19(20)21)14-13-22(27)24-16-9-11-18(12-10-16)30(28,29)17-5-1-2-6-17/h3-4,7-12,15,17H,1-2,5-6,13-14H2,(H,24,27). The number of aromatic nitrogens is 2. The van der Waals surface area contributed by atoms with Crippen molar-refractivity contribution in [2.45, 2.75) is 48.8 Å². The molecule has 0 bridgehead atoms. The third-order valence-electron chi connectivity index (χ3n) is 5.52. The van der Waals surface area contributed by atoms with Gasteiger partial charge in [0.1, 0.15) is 0 Å². The highest BCUT2D eigenvalue weighted by molar-refractivity contribution is 7.92. The van der Waals surface area contributed by atoms with Crippen LogP contribution in [0.2, 0.25) is 0 Å². The molecule has 1 heterocycles. The van der Waals surface area contributed by atoms with E-state index >= 15 is 0 Å². The number of rotatable bonds is 6. The average molecular weight is 426 g/mol. The van der Waals surface area contributed by atoms with Crippen LogP contribution >= 0.6 is 0 Å². The third kappa shape index (κ3) is 4.14. The molecule has 8 heteroatoms. The van der Waals surface area contributed by atoms with Crippen molar-refractivity contribution in [1.82, 2.24) is 9.78 Å². The van der Waals surface area contributed by atoms with Crippen LogP contribution in [-0.2, 0) is 21.2 Å². The molecule has 0 spiro atoms. The summed E-state index contributed by atoms with van der Waals surface area (Å²) in [7, 11) is -3.30. The number of para-hydroxylation sites is 1. The highest BCUT2D eigenvalue weighted by Crippen LogP contribution is 2.30. The van der Waals surface area contributed by atoms with Gasteiger partial charge in [0.2, 0.25) is 11.3 Å². The summed E-state index contributed by atoms with van der Waals surface area (Å²) in [6.07, 6.45) is 4.77. The van der Waals surface area contributed by atoms with Crippen molar-refractivity contribution in [2.24, 2.45) is 0 Å². The molecule has 1 fully saturated rings. The number of hydrogen-bond donors (Lipinski definition) is 1. The largest absolute Gasteiger partial charge is 0.326 e. The summed E-state index contributed by atoms with van der Waals surface area (Å²) in [5.41, 5.74) is 1.07. The SMILES string of the molecule is O=C(CCn1ncc(=O)c2ccccc21)Nc1ccc(S(=O)(=O)C2CCCC2)cc1. The van der Waals surface area contributed by atoms with E-state index < -0.39 is 9.84 Å². The Morgan fingerprint density at radius 3 is 2.50 bits per heavy atom. The smallest absolute Gasteiger partial charge is 0.226 e. The Balaban J connectivity index is 1.40. The quantitative estimate of drug-likeness (QED) is 0.654. The van der Waals surface area contributed by atoms with E-state index in [4.69, 9.17) is 0 Å². The molecule has 1 aromatic heterocycles. The lowest BCUT2D eigenvalue weighted by atomic mass is 10.2. The fraction of sp³-hybridized carbons (Fsp3) is 0.318. The van der Waals surface area contributed by atoms with E-state index in [0.717, 1.165) is 12.8 Å². The van der Waals surface area contributed by atoms with Gasteiger partial charge in [-0.25, -0.2) is 8.42 Å². The predicted octanol–water partition coefficient (Wildman–Crippen LogP) is 3.14. The second-order valence-electron chi connectivity index (χ2n) is 7.52. The molecule has 0 aliphatic heterocycles. The Hall–Kier alpha value is -3.00. The van der Waals surface area contributed by atoms with Gasteiger partial charge >= 0.3 is 0 Å². The maximum atomic E-state index is 12.6. The van der Waals surface area contributed by atoms with Crippen molar-refractivity contribution in [2.75, 3.05) is 5.32 Å². The van der Waals surface area contributed by atoms with Crippen molar-refractivity contribution >= 4 is 32.3 Å². The summed E-state index contributed by atoms with van der Waals surface area (Å²) >= 11 is 0. The van der Waals surface area contributed by atoms with Gasteiger partial charge in [0, 0.05) is 17.5 Å². The van der Waals surface area contributed by atoms with Crippen LogP contribution in [0.5, 0.6) is 0 Å². The van der Waals surface area contributed by atoms with Crippen LogP contribution < -0.4 is 10.7 Å². The fourth-order valence-corrected chi connectivity index (χ4v) is 5.74. The molecule has 1 amide bonds. The molecule has 1 saturated carbocycles. The van der Waals surface area contributed by atoms with Gasteiger partial charge in [0.05, 0.1) is 28.4 Å². The lowest BCUT2D eigenvalue weighted by Gasteiger charge is -2.12. The zero-order valence-corrected chi connectivity index (χ0v) is 17.3. The van der Waals surface area contributed by atoms with Gasteiger partial charge in [-0.05, 0) is 49.2 Å². The first-order chi connectivity index (χ1) is 14.4. The molecule has 30 heavy (non-hydrogen) atoms. The van der Waals surface area contributed by atoms with Crippen molar-refractivity contribution in [3.05, 3.63) is 65.0 Å². The number of anilines is 1. The summed E-state index contributed by atoms with van der Waals surface area (Å²) in [4.78, 5) is 24.5. The maximum Gasteiger partial charge on any atom is 0.226 e. The van der Waals surface area contributed by atoms with Crippen LogP contribution in [0.3, 0.4) is 0 Å². The molecule has 0 saturated heterocycles. The number of aryl methyl sites for hydroxylation is 1. The molecule has 1 N–H and O–H groups in total. The van der Waals surface area contributed by atoms with Crippen LogP contribution in [0.15, 0.2) is 64.4 Å². The Bertz CT molecular complexity index is 1230. The number of benzene rings is 2. The molecule has 156 valence electrons. The maximum absolute atomic E-state index is 12.6. The van der Waals surface area contributed by atoms with E-state index in [1.165, 1.54) is 6.20 Å². The zero-order chi connectivity index (χ0) is 21.1. The summed E-state index contributed by atoms with van der Waals surface area (Å²) in [6, 6.07) is 13.5. The number of hydrogen-bond acceptors (Lipinski definition) is 5. The predicted molar refractivity (Wildman–Crippen MR) is 115 cm³/mol. The minimum Gasteiger partial charge on any atom is -0.326 e. The van der Waals surface area contributed by atoms with Gasteiger partial charge < -0.3 is 5.32 Å². The molecule has 0 radical (unpaired) electrons. The molecule has 1 aliphatic carbocycles. The number of nitrogens with zero attached hydrogens (tertiary/aromatic N) is 2. The summed E-state index contributed by atoms with van der Waals surface area (Å²) < 4.78 is 26.9. The van der Waals surface area contributed by atoms with Gasteiger partial charge in [-0.15, -0.1) is 0 Å². The fourth-order valence-electron chi connectivity index (χ4n) is 3.89. The minimum atomic E-state index is -3.30. The summed E-state index contributed by atoms with van der Waals surface area (Å²) in [6.45, 7) is 0.320. The van der Waals surface area contributed by atoms with Gasteiger partial charge in [-0.1, -0.05) is 25.0 Å². The molecule has 7 nitrogen and oxygen atoms in total. The second-order valence-corrected chi connectivity index (χ2v) is 9.75. The first-order valence-corrected chi connectivity index (χ1v) is 11.6. The first-order valence-electron chi connectivity index (χ1n) is 10.0. The number of fused-ring (bicyclic) bond motifs is 1. The van der Waals surface area contributed by atoms with Gasteiger partial charge in [-0.2, -0.15) is 5.10 Å². The number of amides is 1. The lowest BCUT2D eigenvalue weighted by molar-refractivity contribution is -0.116. The number of carbonyl (C=O) groups excluding carboxylic acids is 1. The molecule has 3 aromatic rings. The third-order valence-corrected chi connectivity index (χ3v) is 7.80. The summed E-state index contributed by atoms with van der Waals surface area (Å²) in [5.74, 6) is -0.217. The second kappa shape index (κ2) is 8.39. The molecule has 0 atom stereocenters. The van der Waals surface area contributed by atoms with E-state index in [9.17, 15) is 18.0 Å². The zero-order valence-electron chi connectivity index (χ0n) is 16.5. The molecule has 4 rings (SSSR count). The van der Waals surface area contributed by atoms with Crippen molar-refractivity contribution in [1.29, 1.82) is 0 Å². The summed E-state index contributed by atoms with van der Waals surface area (Å²) in [5, 5.41) is 7.17. The Kier molecular flexibility index (Phi) is 5.67. The van der Waals surface area contributed by atoms with E-state index in [1.54, 1.807) is 47.1 Å². The molecule has 2 aromatic carbocycles. The van der Waals surface area contributed by atoms with E-state index in [0.29, 0.717) is 40.9 Å². The minimum absolute atomic E-state index is 0.154. The van der Waals surface area contributed by atoms with E-state index in [1.807, 2.05) is 6.07 Å². The number of carbonyl (C=O) groups is 1. The van der Waals surface area contributed by atoms with Crippen LogP contribution in [0.25, 0.3) is 10.9 Å². The van der Waals surface area contributed by atoms with Crippen LogP contribution in [0.1, 0.15) is 32.1 Å². The Labute approximate surface area is 174 Å². The van der Waals surface area contributed by atoms with E-state index in [2.05, 4.69) is 10.4 Å². The monoisotopic (exact) mass is 425 g/mol. The van der Waals surface area contributed by atoms with Gasteiger partial charge in [0.15, 0.2) is 9.84 Å². The Morgan fingerprint density at radius 2 is 1.77 bits per heavy atom.